The normalized spacial score (nSPS) is 21.0. The second-order valence-corrected chi connectivity index (χ2v) is 6.38. The van der Waals surface area contributed by atoms with Crippen molar-refractivity contribution in [2.24, 2.45) is 17.3 Å². The van der Waals surface area contributed by atoms with Crippen molar-refractivity contribution in [3.63, 3.8) is 0 Å². The monoisotopic (exact) mass is 228 g/mol. The topological polar surface area (TPSA) is 0 Å². The Morgan fingerprint density at radius 1 is 0.941 bits per heavy atom. The molecular weight excluding hydrogens is 204 g/mol. The molecule has 0 radical (unpaired) electrons. The van der Waals surface area contributed by atoms with Gasteiger partial charge in [-0.2, -0.15) is 0 Å². The zero-order valence-electron chi connectivity index (χ0n) is 11.5. The van der Waals surface area contributed by atoms with Crippen LogP contribution in [0.1, 0.15) is 40.5 Å². The van der Waals surface area contributed by atoms with Crippen molar-refractivity contribution < 1.29 is 0 Å². The van der Waals surface area contributed by atoms with Gasteiger partial charge in [-0.05, 0) is 24.2 Å². The Morgan fingerprint density at radius 3 is 1.71 bits per heavy atom. The molecule has 2 aliphatic carbocycles. The summed E-state index contributed by atoms with van der Waals surface area (Å²) in [7, 11) is 0. The highest BCUT2D eigenvalue weighted by molar-refractivity contribution is 5.36. The maximum Gasteiger partial charge on any atom is 0.00500 e. The summed E-state index contributed by atoms with van der Waals surface area (Å²) >= 11 is 0. The lowest BCUT2D eigenvalue weighted by molar-refractivity contribution is 0.215. The van der Waals surface area contributed by atoms with Crippen molar-refractivity contribution in [3.8, 4) is 0 Å². The summed E-state index contributed by atoms with van der Waals surface area (Å²) in [5.74, 6) is 1.31. The lowest BCUT2D eigenvalue weighted by atomic mass is 9.68. The summed E-state index contributed by atoms with van der Waals surface area (Å²) in [6.45, 7) is 9.48. The SMILES string of the molecule is CC(C(C1=CC=CC1)C1=CC=CC1)C(C)(C)C. The Labute approximate surface area is 106 Å². The molecule has 17 heavy (non-hydrogen) atoms. The van der Waals surface area contributed by atoms with Gasteiger partial charge < -0.3 is 0 Å². The molecule has 0 heterocycles. The molecule has 0 spiro atoms. The van der Waals surface area contributed by atoms with E-state index in [0.717, 1.165) is 12.8 Å². The molecule has 0 N–H and O–H groups in total. The van der Waals surface area contributed by atoms with Crippen LogP contribution < -0.4 is 0 Å². The van der Waals surface area contributed by atoms with E-state index in [1.165, 1.54) is 0 Å². The van der Waals surface area contributed by atoms with Crippen molar-refractivity contribution in [2.45, 2.75) is 40.5 Å². The Balaban J connectivity index is 2.24. The van der Waals surface area contributed by atoms with Gasteiger partial charge in [0, 0.05) is 5.92 Å². The van der Waals surface area contributed by atoms with Gasteiger partial charge in [0.25, 0.3) is 0 Å². The molecule has 0 amide bonds. The van der Waals surface area contributed by atoms with Crippen LogP contribution >= 0.6 is 0 Å². The Hall–Kier alpha value is -1.04. The van der Waals surface area contributed by atoms with E-state index in [0.29, 0.717) is 17.3 Å². The predicted molar refractivity (Wildman–Crippen MR) is 75.8 cm³/mol. The lowest BCUT2D eigenvalue weighted by Crippen LogP contribution is -2.28. The molecule has 0 nitrogen and oxygen atoms in total. The van der Waals surface area contributed by atoms with E-state index >= 15 is 0 Å². The Kier molecular flexibility index (Phi) is 3.42. The third-order valence-electron chi connectivity index (χ3n) is 4.26. The zero-order chi connectivity index (χ0) is 12.5. The lowest BCUT2D eigenvalue weighted by Gasteiger charge is -2.36. The van der Waals surface area contributed by atoms with Crippen LogP contribution in [0.25, 0.3) is 0 Å². The smallest absolute Gasteiger partial charge is 0.00500 e. The third-order valence-corrected chi connectivity index (χ3v) is 4.26. The molecule has 0 aromatic carbocycles. The molecule has 0 fully saturated rings. The van der Waals surface area contributed by atoms with Crippen LogP contribution in [0.4, 0.5) is 0 Å². The Bertz CT molecular complexity index is 366. The van der Waals surface area contributed by atoms with Gasteiger partial charge in [0.15, 0.2) is 0 Å². The molecule has 0 saturated carbocycles. The van der Waals surface area contributed by atoms with Gasteiger partial charge in [0.2, 0.25) is 0 Å². The molecule has 0 aromatic heterocycles. The van der Waals surface area contributed by atoms with Crippen LogP contribution in [-0.4, -0.2) is 0 Å². The highest BCUT2D eigenvalue weighted by atomic mass is 14.4. The van der Waals surface area contributed by atoms with Crippen molar-refractivity contribution >= 4 is 0 Å². The highest BCUT2D eigenvalue weighted by Gasteiger charge is 2.32. The minimum Gasteiger partial charge on any atom is -0.0804 e. The van der Waals surface area contributed by atoms with Crippen LogP contribution in [0.3, 0.4) is 0 Å². The molecule has 0 aromatic rings. The summed E-state index contributed by atoms with van der Waals surface area (Å²) in [6.07, 6.45) is 15.9. The van der Waals surface area contributed by atoms with E-state index in [9.17, 15) is 0 Å². The fourth-order valence-corrected chi connectivity index (χ4v) is 2.77. The van der Waals surface area contributed by atoms with Crippen LogP contribution in [0.2, 0.25) is 0 Å². The van der Waals surface area contributed by atoms with Gasteiger partial charge in [-0.3, -0.25) is 0 Å². The maximum absolute atomic E-state index is 2.41. The minimum absolute atomic E-state index is 0.359. The fraction of sp³-hybridized carbons (Fsp3) is 0.529. The minimum atomic E-state index is 0.359. The van der Waals surface area contributed by atoms with E-state index in [1.807, 2.05) is 0 Å². The number of allylic oxidation sites excluding steroid dienone is 8. The van der Waals surface area contributed by atoms with Crippen LogP contribution in [-0.2, 0) is 0 Å². The second kappa shape index (κ2) is 4.68. The van der Waals surface area contributed by atoms with Crippen LogP contribution in [0.5, 0.6) is 0 Å². The summed E-state index contributed by atoms with van der Waals surface area (Å²) in [5, 5.41) is 0. The average molecular weight is 228 g/mol. The number of rotatable bonds is 3. The first kappa shape index (κ1) is 12.4. The summed E-state index contributed by atoms with van der Waals surface area (Å²) < 4.78 is 0. The number of hydrogen-bond donors (Lipinski definition) is 0. The fourth-order valence-electron chi connectivity index (χ4n) is 2.77. The Morgan fingerprint density at radius 2 is 1.41 bits per heavy atom. The first-order valence-electron chi connectivity index (χ1n) is 6.71. The molecule has 1 unspecified atom stereocenters. The van der Waals surface area contributed by atoms with E-state index < -0.39 is 0 Å². The quantitative estimate of drug-likeness (QED) is 0.633. The van der Waals surface area contributed by atoms with E-state index in [4.69, 9.17) is 0 Å². The standard InChI is InChI=1S/C17H24/c1-13(17(2,3)4)16(14-9-5-6-10-14)15-11-7-8-12-15/h5-9,11,13,16H,10,12H2,1-4H3. The van der Waals surface area contributed by atoms with Crippen molar-refractivity contribution in [1.29, 1.82) is 0 Å². The maximum atomic E-state index is 2.41. The molecule has 2 rings (SSSR count). The van der Waals surface area contributed by atoms with Crippen molar-refractivity contribution in [1.82, 2.24) is 0 Å². The van der Waals surface area contributed by atoms with Gasteiger partial charge in [0.1, 0.15) is 0 Å². The zero-order valence-corrected chi connectivity index (χ0v) is 11.5. The number of hydrogen-bond acceptors (Lipinski definition) is 0. The first-order valence-corrected chi connectivity index (χ1v) is 6.71. The largest absolute Gasteiger partial charge is 0.0804 e. The van der Waals surface area contributed by atoms with E-state index in [-0.39, 0.29) is 0 Å². The first-order chi connectivity index (χ1) is 8.00. The van der Waals surface area contributed by atoms with Crippen LogP contribution in [0, 0.1) is 17.3 Å². The van der Waals surface area contributed by atoms with Crippen molar-refractivity contribution in [2.75, 3.05) is 0 Å². The molecule has 92 valence electrons. The van der Waals surface area contributed by atoms with Gasteiger partial charge in [-0.15, -0.1) is 0 Å². The van der Waals surface area contributed by atoms with Crippen LogP contribution in [0.15, 0.2) is 47.6 Å². The average Bonchev–Trinajstić information content (AvgIpc) is 2.88. The van der Waals surface area contributed by atoms with E-state index in [1.54, 1.807) is 11.1 Å². The summed E-state index contributed by atoms with van der Waals surface area (Å²) in [5.41, 5.74) is 3.56. The van der Waals surface area contributed by atoms with Gasteiger partial charge in [-0.1, -0.05) is 75.3 Å². The van der Waals surface area contributed by atoms with Crippen molar-refractivity contribution in [3.05, 3.63) is 47.6 Å². The summed E-state index contributed by atoms with van der Waals surface area (Å²) in [4.78, 5) is 0. The molecule has 2 aliphatic rings. The van der Waals surface area contributed by atoms with Gasteiger partial charge >= 0.3 is 0 Å². The molecule has 0 saturated heterocycles. The molecule has 0 bridgehead atoms. The van der Waals surface area contributed by atoms with Gasteiger partial charge in [-0.25, -0.2) is 0 Å². The third kappa shape index (κ3) is 2.62. The predicted octanol–water partition coefficient (Wildman–Crippen LogP) is 5.06. The summed E-state index contributed by atoms with van der Waals surface area (Å²) in [6, 6.07) is 0. The molecule has 1 atom stereocenters. The molecule has 0 aliphatic heterocycles. The molecule has 0 heteroatoms. The highest BCUT2D eigenvalue weighted by Crippen LogP contribution is 2.43. The molecular formula is C17H24. The van der Waals surface area contributed by atoms with E-state index in [2.05, 4.69) is 64.2 Å². The van der Waals surface area contributed by atoms with Gasteiger partial charge in [0.05, 0.1) is 0 Å². The second-order valence-electron chi connectivity index (χ2n) is 6.38.